The van der Waals surface area contributed by atoms with Gasteiger partial charge in [0.25, 0.3) is 0 Å². The summed E-state index contributed by atoms with van der Waals surface area (Å²) in [5.74, 6) is 0.644. The number of urea groups is 1. The fourth-order valence-corrected chi connectivity index (χ4v) is 3.31. The number of hydrogen-bond acceptors (Lipinski definition) is 6. The van der Waals surface area contributed by atoms with E-state index >= 15 is 0 Å². The summed E-state index contributed by atoms with van der Waals surface area (Å²) in [7, 11) is 1.76. The Balaban J connectivity index is 1.53. The number of nitrogens with zero attached hydrogens (tertiary/aromatic N) is 6. The maximum atomic E-state index is 12.3. The molecular weight excluding hydrogens is 302 g/mol. The van der Waals surface area contributed by atoms with Crippen LogP contribution < -0.4 is 10.2 Å². The molecule has 0 aliphatic carbocycles. The molecule has 0 unspecified atom stereocenters. The van der Waals surface area contributed by atoms with Crippen molar-refractivity contribution in [3.63, 3.8) is 0 Å². The summed E-state index contributed by atoms with van der Waals surface area (Å²) < 4.78 is 1.57. The Morgan fingerprint density at radius 3 is 2.73 bits per heavy atom. The van der Waals surface area contributed by atoms with E-state index in [2.05, 4.69) is 43.3 Å². The minimum absolute atomic E-state index is 0.0682. The van der Waals surface area contributed by atoms with E-state index < -0.39 is 0 Å². The molecule has 0 aromatic carbocycles. The van der Waals surface area contributed by atoms with Crippen LogP contribution in [0.1, 0.15) is 18.8 Å². The Kier molecular flexibility index (Phi) is 4.23. The Labute approximate surface area is 132 Å². The quantitative estimate of drug-likeness (QED) is 0.907. The van der Waals surface area contributed by atoms with Gasteiger partial charge in [0.05, 0.1) is 11.0 Å². The van der Waals surface area contributed by atoms with Crippen LogP contribution in [0.5, 0.6) is 0 Å². The van der Waals surface area contributed by atoms with Crippen molar-refractivity contribution in [2.45, 2.75) is 13.0 Å². The van der Waals surface area contributed by atoms with Crippen molar-refractivity contribution in [3.05, 3.63) is 23.3 Å². The van der Waals surface area contributed by atoms with Crippen molar-refractivity contribution in [1.82, 2.24) is 30.4 Å². The minimum atomic E-state index is -0.220. The van der Waals surface area contributed by atoms with Gasteiger partial charge in [0.15, 0.2) is 5.82 Å². The Morgan fingerprint density at radius 1 is 1.36 bits per heavy atom. The summed E-state index contributed by atoms with van der Waals surface area (Å²) in [6, 6.07) is 3.88. The van der Waals surface area contributed by atoms with Crippen LogP contribution in [-0.4, -0.2) is 57.3 Å². The number of amides is 2. The number of hydrogen-bond donors (Lipinski definition) is 1. The van der Waals surface area contributed by atoms with Crippen LogP contribution in [-0.2, 0) is 7.05 Å². The molecular formula is C13H19N7OS. The van der Waals surface area contributed by atoms with Crippen LogP contribution in [0.3, 0.4) is 0 Å². The molecule has 0 spiro atoms. The number of nitrogens with one attached hydrogen (secondary N) is 1. The number of rotatable bonds is 3. The van der Waals surface area contributed by atoms with Gasteiger partial charge < -0.3 is 15.1 Å². The first-order valence-corrected chi connectivity index (χ1v) is 8.09. The molecule has 3 rings (SSSR count). The summed E-state index contributed by atoms with van der Waals surface area (Å²) in [6.45, 7) is 5.02. The molecule has 2 aromatic heterocycles. The fraction of sp³-hybridized carbons (Fsp3) is 0.538. The van der Waals surface area contributed by atoms with Gasteiger partial charge in [0.2, 0.25) is 0 Å². The Bertz CT molecular complexity index is 618. The van der Waals surface area contributed by atoms with Crippen molar-refractivity contribution in [3.8, 4) is 0 Å². The predicted molar refractivity (Wildman–Crippen MR) is 83.8 cm³/mol. The highest BCUT2D eigenvalue weighted by Gasteiger charge is 2.24. The van der Waals surface area contributed by atoms with Gasteiger partial charge in [-0.15, -0.1) is 16.4 Å². The molecule has 1 fully saturated rings. The SMILES string of the molecule is C[C@H](NC(=O)N1CCN(c2cccs2)CC1)c1nnnn1C. The number of carbonyl (C=O) groups is 1. The Morgan fingerprint density at radius 2 is 2.14 bits per heavy atom. The van der Waals surface area contributed by atoms with E-state index in [1.54, 1.807) is 23.1 Å². The van der Waals surface area contributed by atoms with Crippen molar-refractivity contribution in [2.75, 3.05) is 31.1 Å². The number of thiophene rings is 1. The topological polar surface area (TPSA) is 79.2 Å². The predicted octanol–water partition coefficient (Wildman–Crippen LogP) is 0.864. The molecule has 2 amide bonds. The van der Waals surface area contributed by atoms with Gasteiger partial charge in [-0.3, -0.25) is 0 Å². The molecule has 1 atom stereocenters. The fourth-order valence-electron chi connectivity index (χ4n) is 2.52. The summed E-state index contributed by atoms with van der Waals surface area (Å²) in [5.41, 5.74) is 0. The molecule has 1 N–H and O–H groups in total. The zero-order valence-corrected chi connectivity index (χ0v) is 13.5. The third-order valence-electron chi connectivity index (χ3n) is 3.76. The molecule has 1 aliphatic heterocycles. The average Bonchev–Trinajstić information content (AvgIpc) is 3.18. The van der Waals surface area contributed by atoms with Crippen molar-refractivity contribution in [2.24, 2.45) is 7.05 Å². The number of tetrazole rings is 1. The van der Waals surface area contributed by atoms with Crippen molar-refractivity contribution in [1.29, 1.82) is 0 Å². The lowest BCUT2D eigenvalue weighted by Gasteiger charge is -2.35. The molecule has 1 aliphatic rings. The number of aryl methyl sites for hydroxylation is 1. The van der Waals surface area contributed by atoms with Gasteiger partial charge in [-0.1, -0.05) is 0 Å². The maximum Gasteiger partial charge on any atom is 0.318 e. The minimum Gasteiger partial charge on any atom is -0.360 e. The highest BCUT2D eigenvalue weighted by molar-refractivity contribution is 7.14. The molecule has 1 saturated heterocycles. The van der Waals surface area contributed by atoms with Gasteiger partial charge in [-0.25, -0.2) is 9.48 Å². The van der Waals surface area contributed by atoms with E-state index in [4.69, 9.17) is 0 Å². The molecule has 118 valence electrons. The molecule has 0 bridgehead atoms. The van der Waals surface area contributed by atoms with Crippen LogP contribution in [0.2, 0.25) is 0 Å². The summed E-state index contributed by atoms with van der Waals surface area (Å²) in [4.78, 5) is 16.5. The second-order valence-corrected chi connectivity index (χ2v) is 6.18. The molecule has 3 heterocycles. The smallest absolute Gasteiger partial charge is 0.318 e. The summed E-state index contributed by atoms with van der Waals surface area (Å²) in [6.07, 6.45) is 0. The summed E-state index contributed by atoms with van der Waals surface area (Å²) >= 11 is 1.73. The first kappa shape index (κ1) is 14.8. The lowest BCUT2D eigenvalue weighted by molar-refractivity contribution is 0.190. The monoisotopic (exact) mass is 321 g/mol. The maximum absolute atomic E-state index is 12.3. The number of carbonyl (C=O) groups excluding carboxylic acids is 1. The van der Waals surface area contributed by atoms with Crippen molar-refractivity contribution < 1.29 is 4.79 Å². The average molecular weight is 321 g/mol. The Hall–Kier alpha value is -2.16. The molecule has 0 radical (unpaired) electrons. The van der Waals surface area contributed by atoms with E-state index in [0.29, 0.717) is 18.9 Å². The number of piperazine rings is 1. The molecule has 22 heavy (non-hydrogen) atoms. The van der Waals surface area contributed by atoms with Crippen molar-refractivity contribution >= 4 is 22.4 Å². The van der Waals surface area contributed by atoms with Crippen LogP contribution >= 0.6 is 11.3 Å². The normalized spacial score (nSPS) is 16.6. The second kappa shape index (κ2) is 6.30. The standard InChI is InChI=1S/C13H19N7OS/c1-10(12-15-16-17-18(12)2)14-13(21)20-7-5-19(6-8-20)11-4-3-9-22-11/h3-4,9-10H,5-8H2,1-2H3,(H,14,21)/t10-/m0/s1. The second-order valence-electron chi connectivity index (χ2n) is 5.26. The van der Waals surface area contributed by atoms with E-state index in [1.807, 2.05) is 11.8 Å². The third kappa shape index (κ3) is 3.03. The van der Waals surface area contributed by atoms with Crippen LogP contribution in [0.25, 0.3) is 0 Å². The van der Waals surface area contributed by atoms with Gasteiger partial charge in [-0.2, -0.15) is 0 Å². The number of aromatic nitrogens is 4. The molecule has 9 heteroatoms. The molecule has 0 saturated carbocycles. The van der Waals surface area contributed by atoms with Crippen LogP contribution in [0, 0.1) is 0 Å². The van der Waals surface area contributed by atoms with E-state index in [0.717, 1.165) is 13.1 Å². The highest BCUT2D eigenvalue weighted by Crippen LogP contribution is 2.22. The highest BCUT2D eigenvalue weighted by atomic mass is 32.1. The van der Waals surface area contributed by atoms with E-state index in [9.17, 15) is 4.79 Å². The largest absolute Gasteiger partial charge is 0.360 e. The van der Waals surface area contributed by atoms with E-state index in [-0.39, 0.29) is 12.1 Å². The lowest BCUT2D eigenvalue weighted by atomic mass is 10.3. The zero-order chi connectivity index (χ0) is 15.5. The third-order valence-corrected chi connectivity index (χ3v) is 4.69. The molecule has 8 nitrogen and oxygen atoms in total. The van der Waals surface area contributed by atoms with Crippen LogP contribution in [0.4, 0.5) is 9.80 Å². The number of anilines is 1. The molecule has 2 aromatic rings. The zero-order valence-electron chi connectivity index (χ0n) is 12.6. The first-order valence-electron chi connectivity index (χ1n) is 7.21. The summed E-state index contributed by atoms with van der Waals surface area (Å²) in [5, 5.41) is 17.6. The van der Waals surface area contributed by atoms with E-state index in [1.165, 1.54) is 5.00 Å². The lowest BCUT2D eigenvalue weighted by Crippen LogP contribution is -2.52. The van der Waals surface area contributed by atoms with Gasteiger partial charge in [0.1, 0.15) is 0 Å². The van der Waals surface area contributed by atoms with Gasteiger partial charge in [-0.05, 0) is 34.9 Å². The van der Waals surface area contributed by atoms with Crippen LogP contribution in [0.15, 0.2) is 17.5 Å². The van der Waals surface area contributed by atoms with Gasteiger partial charge >= 0.3 is 6.03 Å². The first-order chi connectivity index (χ1) is 10.6. The van der Waals surface area contributed by atoms with Gasteiger partial charge in [0, 0.05) is 33.2 Å².